The summed E-state index contributed by atoms with van der Waals surface area (Å²) in [6.07, 6.45) is -1.70. The summed E-state index contributed by atoms with van der Waals surface area (Å²) in [5.41, 5.74) is 7.98. The van der Waals surface area contributed by atoms with Crippen LogP contribution in [-0.2, 0) is 6.18 Å². The maximum absolute atomic E-state index is 13.1. The van der Waals surface area contributed by atoms with Crippen LogP contribution in [0.4, 0.5) is 18.9 Å². The summed E-state index contributed by atoms with van der Waals surface area (Å²) in [5, 5.41) is 3.60. The highest BCUT2D eigenvalue weighted by atomic mass is 19.4. The molecule has 0 aliphatic rings. The van der Waals surface area contributed by atoms with Crippen LogP contribution in [0.2, 0.25) is 0 Å². The molecule has 33 heavy (non-hydrogen) atoms. The van der Waals surface area contributed by atoms with Crippen LogP contribution in [0.3, 0.4) is 0 Å². The number of pyridine rings is 1. The SMILES string of the molecule is CN=C/C(=C\N)c1oc2c(C(C)Nc3ccc(C(F)(F)F)nc3C)cc(C)cc2c(=O)c1C. The predicted octanol–water partition coefficient (Wildman–Crippen LogP) is 5.31. The molecular formula is C24H25F3N4O2. The number of fused-ring (bicyclic) bond motifs is 1. The van der Waals surface area contributed by atoms with Crippen LogP contribution >= 0.6 is 0 Å². The van der Waals surface area contributed by atoms with Gasteiger partial charge in [-0.2, -0.15) is 13.2 Å². The lowest BCUT2D eigenvalue weighted by atomic mass is 9.99. The molecule has 0 aliphatic carbocycles. The van der Waals surface area contributed by atoms with Gasteiger partial charge in [-0.15, -0.1) is 0 Å². The van der Waals surface area contributed by atoms with Crippen molar-refractivity contribution >= 4 is 28.4 Å². The number of nitrogens with zero attached hydrogens (tertiary/aromatic N) is 2. The van der Waals surface area contributed by atoms with Crippen LogP contribution in [-0.4, -0.2) is 18.2 Å². The van der Waals surface area contributed by atoms with E-state index < -0.39 is 17.9 Å². The van der Waals surface area contributed by atoms with Gasteiger partial charge in [0.05, 0.1) is 28.4 Å². The molecule has 1 atom stereocenters. The fourth-order valence-corrected chi connectivity index (χ4v) is 3.66. The van der Waals surface area contributed by atoms with Crippen molar-refractivity contribution in [2.45, 2.75) is 39.9 Å². The first-order valence-electron chi connectivity index (χ1n) is 10.2. The van der Waals surface area contributed by atoms with Gasteiger partial charge in [0.25, 0.3) is 0 Å². The molecule has 3 rings (SSSR count). The van der Waals surface area contributed by atoms with Crippen LogP contribution in [0.25, 0.3) is 16.5 Å². The largest absolute Gasteiger partial charge is 0.455 e. The second-order valence-electron chi connectivity index (χ2n) is 7.82. The van der Waals surface area contributed by atoms with Crippen LogP contribution < -0.4 is 16.5 Å². The molecule has 3 N–H and O–H groups in total. The molecule has 0 radical (unpaired) electrons. The second-order valence-corrected chi connectivity index (χ2v) is 7.82. The number of aliphatic imine (C=N–C) groups is 1. The van der Waals surface area contributed by atoms with Gasteiger partial charge in [-0.3, -0.25) is 9.79 Å². The van der Waals surface area contributed by atoms with Crippen LogP contribution in [0, 0.1) is 20.8 Å². The van der Waals surface area contributed by atoms with E-state index in [2.05, 4.69) is 15.3 Å². The summed E-state index contributed by atoms with van der Waals surface area (Å²) in [7, 11) is 1.58. The zero-order chi connectivity index (χ0) is 24.5. The highest BCUT2D eigenvalue weighted by Gasteiger charge is 2.32. The number of hydrogen-bond donors (Lipinski definition) is 2. The van der Waals surface area contributed by atoms with Gasteiger partial charge in [-0.25, -0.2) is 4.98 Å². The summed E-state index contributed by atoms with van der Waals surface area (Å²) in [4.78, 5) is 20.8. The molecule has 0 bridgehead atoms. The normalized spacial score (nSPS) is 13.6. The van der Waals surface area contributed by atoms with Gasteiger partial charge in [0.15, 0.2) is 5.43 Å². The molecule has 0 fully saturated rings. The van der Waals surface area contributed by atoms with Crippen molar-refractivity contribution < 1.29 is 17.6 Å². The van der Waals surface area contributed by atoms with E-state index in [1.165, 1.54) is 25.4 Å². The Morgan fingerprint density at radius 2 is 1.94 bits per heavy atom. The van der Waals surface area contributed by atoms with Crippen molar-refractivity contribution in [3.05, 3.63) is 74.5 Å². The van der Waals surface area contributed by atoms with Gasteiger partial charge in [-0.05, 0) is 51.5 Å². The van der Waals surface area contributed by atoms with E-state index in [9.17, 15) is 18.0 Å². The highest BCUT2D eigenvalue weighted by Crippen LogP contribution is 2.32. The molecule has 0 aliphatic heterocycles. The predicted molar refractivity (Wildman–Crippen MR) is 125 cm³/mol. The average Bonchev–Trinajstić information content (AvgIpc) is 2.75. The summed E-state index contributed by atoms with van der Waals surface area (Å²) in [6.45, 7) is 6.85. The number of aryl methyl sites for hydroxylation is 2. The third-order valence-corrected chi connectivity index (χ3v) is 5.32. The lowest BCUT2D eigenvalue weighted by Crippen LogP contribution is -2.15. The lowest BCUT2D eigenvalue weighted by molar-refractivity contribution is -0.141. The molecule has 1 aromatic carbocycles. The Morgan fingerprint density at radius 3 is 2.52 bits per heavy atom. The van der Waals surface area contributed by atoms with Gasteiger partial charge in [0.2, 0.25) is 0 Å². The van der Waals surface area contributed by atoms with Crippen molar-refractivity contribution in [2.75, 3.05) is 12.4 Å². The standard InChI is InChI=1S/C24H25F3N4O2/c1-12-8-17(14(3)30-19-6-7-20(24(25,26)27)31-15(19)4)23-18(9-12)21(32)13(2)22(33-23)16(10-28)11-29-5/h6-11,14,30H,28H2,1-5H3/b16-10+,29-11?. The molecule has 174 valence electrons. The Bertz CT molecular complexity index is 1320. The number of benzene rings is 1. The average molecular weight is 458 g/mol. The lowest BCUT2D eigenvalue weighted by Gasteiger charge is -2.20. The third-order valence-electron chi connectivity index (χ3n) is 5.32. The van der Waals surface area contributed by atoms with Gasteiger partial charge < -0.3 is 15.5 Å². The topological polar surface area (TPSA) is 93.5 Å². The molecule has 0 saturated carbocycles. The number of alkyl halides is 3. The van der Waals surface area contributed by atoms with Gasteiger partial charge in [0, 0.05) is 30.6 Å². The molecule has 3 aromatic rings. The van der Waals surface area contributed by atoms with Crippen molar-refractivity contribution in [1.82, 2.24) is 4.98 Å². The quantitative estimate of drug-likeness (QED) is 0.506. The number of anilines is 1. The maximum Gasteiger partial charge on any atom is 0.433 e. The van der Waals surface area contributed by atoms with E-state index in [1.54, 1.807) is 20.0 Å². The van der Waals surface area contributed by atoms with E-state index in [-0.39, 0.29) is 11.1 Å². The maximum atomic E-state index is 13.1. The monoisotopic (exact) mass is 458 g/mol. The number of rotatable bonds is 5. The van der Waals surface area contributed by atoms with Crippen molar-refractivity contribution in [3.63, 3.8) is 0 Å². The minimum Gasteiger partial charge on any atom is -0.455 e. The number of allylic oxidation sites excluding steroid dienone is 1. The molecule has 1 unspecified atom stereocenters. The first kappa shape index (κ1) is 24.0. The fourth-order valence-electron chi connectivity index (χ4n) is 3.66. The Kier molecular flexibility index (Phi) is 6.62. The number of nitrogens with one attached hydrogen (secondary N) is 1. The zero-order valence-corrected chi connectivity index (χ0v) is 19.0. The molecule has 6 nitrogen and oxygen atoms in total. The number of aromatic nitrogens is 1. The number of hydrogen-bond acceptors (Lipinski definition) is 6. The Labute approximate surface area is 189 Å². The fraction of sp³-hybridized carbons (Fsp3) is 0.292. The molecule has 2 aromatic heterocycles. The Morgan fingerprint density at radius 1 is 1.24 bits per heavy atom. The van der Waals surface area contributed by atoms with Crippen LogP contribution in [0.15, 0.2) is 44.7 Å². The second kappa shape index (κ2) is 9.09. The van der Waals surface area contributed by atoms with Gasteiger partial charge >= 0.3 is 6.18 Å². The van der Waals surface area contributed by atoms with Crippen molar-refractivity contribution in [1.29, 1.82) is 0 Å². The van der Waals surface area contributed by atoms with E-state index in [1.807, 2.05) is 19.9 Å². The summed E-state index contributed by atoms with van der Waals surface area (Å²) in [6, 6.07) is 5.49. The smallest absolute Gasteiger partial charge is 0.433 e. The molecule has 9 heteroatoms. The van der Waals surface area contributed by atoms with Gasteiger partial charge in [-0.1, -0.05) is 6.07 Å². The van der Waals surface area contributed by atoms with E-state index in [4.69, 9.17) is 10.2 Å². The van der Waals surface area contributed by atoms with E-state index in [0.717, 1.165) is 11.6 Å². The van der Waals surface area contributed by atoms with E-state index >= 15 is 0 Å². The van der Waals surface area contributed by atoms with E-state index in [0.29, 0.717) is 39.1 Å². The van der Waals surface area contributed by atoms with Crippen LogP contribution in [0.1, 0.15) is 46.8 Å². The van der Waals surface area contributed by atoms with Crippen molar-refractivity contribution in [2.24, 2.45) is 10.7 Å². The molecule has 2 heterocycles. The molecule has 0 amide bonds. The Hall–Kier alpha value is -3.62. The number of halogens is 3. The number of nitrogens with two attached hydrogens (primary N) is 1. The summed E-state index contributed by atoms with van der Waals surface area (Å²) < 4.78 is 45.0. The minimum atomic E-state index is -4.52. The first-order valence-corrected chi connectivity index (χ1v) is 10.2. The summed E-state index contributed by atoms with van der Waals surface area (Å²) >= 11 is 0. The third kappa shape index (κ3) is 4.76. The zero-order valence-electron chi connectivity index (χ0n) is 19.0. The summed E-state index contributed by atoms with van der Waals surface area (Å²) in [5.74, 6) is 0.310. The molecular weight excluding hydrogens is 433 g/mol. The Balaban J connectivity index is 2.14. The van der Waals surface area contributed by atoms with Crippen molar-refractivity contribution in [3.8, 4) is 0 Å². The molecule has 0 saturated heterocycles. The minimum absolute atomic E-state index is 0.195. The molecule has 0 spiro atoms. The first-order chi connectivity index (χ1) is 15.5. The highest BCUT2D eigenvalue weighted by molar-refractivity contribution is 6.09. The van der Waals surface area contributed by atoms with Gasteiger partial charge in [0.1, 0.15) is 17.0 Å². The van der Waals surface area contributed by atoms with Crippen LogP contribution in [0.5, 0.6) is 0 Å².